The number of rotatable bonds is 7. The van der Waals surface area contributed by atoms with Crippen molar-refractivity contribution in [3.8, 4) is 0 Å². The number of nitrogens with zero attached hydrogens (tertiary/aromatic N) is 1. The average molecular weight is 460 g/mol. The molecule has 0 aliphatic carbocycles. The highest BCUT2D eigenvalue weighted by molar-refractivity contribution is 7.90. The third-order valence-electron chi connectivity index (χ3n) is 5.93. The Kier molecular flexibility index (Phi) is 6.69. The van der Waals surface area contributed by atoms with Gasteiger partial charge in [-0.25, -0.2) is 12.4 Å². The van der Waals surface area contributed by atoms with E-state index in [-0.39, 0.29) is 17.8 Å². The summed E-state index contributed by atoms with van der Waals surface area (Å²) in [5.74, 6) is 0. The standard InChI is InChI=1S/C24H29NO6S/c1-16-6-8-18(9-7-16)32(28,29)25-11-10-19-21(15-31-23-5-3-4-12-30-23)20(22(27)14-26)13-17(2)24(19)25/h6-11,13,22-23,26-27H,3-5,12,14-15H2,1-2H3. The lowest BCUT2D eigenvalue weighted by Crippen LogP contribution is -2.22. The van der Waals surface area contributed by atoms with Crippen molar-refractivity contribution in [1.29, 1.82) is 0 Å². The minimum Gasteiger partial charge on any atom is -0.393 e. The first-order valence-corrected chi connectivity index (χ1v) is 12.2. The topological polar surface area (TPSA) is 98.0 Å². The lowest BCUT2D eigenvalue weighted by Gasteiger charge is -2.24. The van der Waals surface area contributed by atoms with E-state index >= 15 is 0 Å². The Hall–Kier alpha value is -2.23. The van der Waals surface area contributed by atoms with Crippen LogP contribution in [0, 0.1) is 13.8 Å². The third kappa shape index (κ3) is 4.33. The van der Waals surface area contributed by atoms with Crippen LogP contribution in [0.3, 0.4) is 0 Å². The molecule has 8 heteroatoms. The van der Waals surface area contributed by atoms with E-state index in [9.17, 15) is 18.6 Å². The molecule has 1 saturated heterocycles. The van der Waals surface area contributed by atoms with Crippen molar-refractivity contribution in [3.63, 3.8) is 0 Å². The summed E-state index contributed by atoms with van der Waals surface area (Å²) in [5, 5.41) is 20.7. The molecule has 2 unspecified atom stereocenters. The maximum absolute atomic E-state index is 13.4. The van der Waals surface area contributed by atoms with Crippen LogP contribution in [-0.4, -0.2) is 42.1 Å². The van der Waals surface area contributed by atoms with Crippen LogP contribution < -0.4 is 0 Å². The summed E-state index contributed by atoms with van der Waals surface area (Å²) in [4.78, 5) is 0.202. The smallest absolute Gasteiger partial charge is 0.268 e. The summed E-state index contributed by atoms with van der Waals surface area (Å²) >= 11 is 0. The highest BCUT2D eigenvalue weighted by Crippen LogP contribution is 2.34. The third-order valence-corrected chi connectivity index (χ3v) is 7.62. The van der Waals surface area contributed by atoms with Gasteiger partial charge < -0.3 is 19.7 Å². The first kappa shape index (κ1) is 22.9. The lowest BCUT2D eigenvalue weighted by atomic mass is 9.96. The van der Waals surface area contributed by atoms with Crippen molar-refractivity contribution in [1.82, 2.24) is 3.97 Å². The predicted octanol–water partition coefficient (Wildman–Crippen LogP) is 3.56. The Morgan fingerprint density at radius 3 is 2.59 bits per heavy atom. The van der Waals surface area contributed by atoms with Crippen LogP contribution in [-0.2, 0) is 26.1 Å². The number of hydrogen-bond acceptors (Lipinski definition) is 6. The number of aliphatic hydroxyl groups is 2. The molecule has 0 saturated carbocycles. The average Bonchev–Trinajstić information content (AvgIpc) is 3.25. The largest absolute Gasteiger partial charge is 0.393 e. The van der Waals surface area contributed by atoms with Crippen LogP contribution in [0.1, 0.15) is 47.6 Å². The van der Waals surface area contributed by atoms with Crippen LogP contribution in [0.25, 0.3) is 10.9 Å². The number of benzene rings is 2. The fraction of sp³-hybridized carbons (Fsp3) is 0.417. The quantitative estimate of drug-likeness (QED) is 0.561. The number of hydrogen-bond donors (Lipinski definition) is 2. The fourth-order valence-electron chi connectivity index (χ4n) is 4.19. The molecule has 2 N–H and O–H groups in total. The Labute approximate surface area is 188 Å². The molecule has 0 spiro atoms. The van der Waals surface area contributed by atoms with E-state index in [1.54, 1.807) is 43.3 Å². The van der Waals surface area contributed by atoms with Crippen molar-refractivity contribution >= 4 is 20.9 Å². The molecule has 4 rings (SSSR count). The van der Waals surface area contributed by atoms with Crippen molar-refractivity contribution in [2.75, 3.05) is 13.2 Å². The summed E-state index contributed by atoms with van der Waals surface area (Å²) in [6, 6.07) is 10.2. The van der Waals surface area contributed by atoms with Gasteiger partial charge in [0.1, 0.15) is 6.10 Å². The molecule has 32 heavy (non-hydrogen) atoms. The summed E-state index contributed by atoms with van der Waals surface area (Å²) in [6.07, 6.45) is 2.91. The Morgan fingerprint density at radius 1 is 1.19 bits per heavy atom. The van der Waals surface area contributed by atoms with E-state index < -0.39 is 22.7 Å². The zero-order valence-electron chi connectivity index (χ0n) is 18.3. The first-order valence-electron chi connectivity index (χ1n) is 10.8. The molecule has 1 aromatic heterocycles. The molecule has 7 nitrogen and oxygen atoms in total. The van der Waals surface area contributed by atoms with Gasteiger partial charge in [-0.1, -0.05) is 23.8 Å². The molecule has 0 bridgehead atoms. The van der Waals surface area contributed by atoms with Crippen LogP contribution in [0.15, 0.2) is 47.5 Å². The molecule has 2 aromatic carbocycles. The lowest BCUT2D eigenvalue weighted by molar-refractivity contribution is -0.168. The Morgan fingerprint density at radius 2 is 1.94 bits per heavy atom. The second-order valence-electron chi connectivity index (χ2n) is 8.26. The second kappa shape index (κ2) is 9.33. The van der Waals surface area contributed by atoms with Gasteiger partial charge >= 0.3 is 0 Å². The SMILES string of the molecule is Cc1ccc(S(=O)(=O)n2ccc3c(COC4CCCCO4)c(C(O)CO)cc(C)c32)cc1. The molecule has 0 radical (unpaired) electrons. The molecule has 3 aromatic rings. The van der Waals surface area contributed by atoms with E-state index in [2.05, 4.69) is 0 Å². The predicted molar refractivity (Wildman–Crippen MR) is 121 cm³/mol. The number of fused-ring (bicyclic) bond motifs is 1. The van der Waals surface area contributed by atoms with E-state index in [4.69, 9.17) is 9.47 Å². The van der Waals surface area contributed by atoms with E-state index in [1.165, 1.54) is 10.2 Å². The van der Waals surface area contributed by atoms with Crippen molar-refractivity contribution in [2.24, 2.45) is 0 Å². The van der Waals surface area contributed by atoms with Gasteiger partial charge in [0, 0.05) is 18.2 Å². The van der Waals surface area contributed by atoms with Gasteiger partial charge in [0.15, 0.2) is 6.29 Å². The minimum atomic E-state index is -3.81. The molecule has 0 amide bonds. The number of aromatic nitrogens is 1. The molecule has 172 valence electrons. The zero-order valence-corrected chi connectivity index (χ0v) is 19.1. The minimum absolute atomic E-state index is 0.141. The molecular weight excluding hydrogens is 430 g/mol. The van der Waals surface area contributed by atoms with Crippen molar-refractivity contribution in [3.05, 3.63) is 64.8 Å². The van der Waals surface area contributed by atoms with Gasteiger partial charge in [-0.3, -0.25) is 0 Å². The van der Waals surface area contributed by atoms with E-state index in [0.29, 0.717) is 34.2 Å². The van der Waals surface area contributed by atoms with Gasteiger partial charge in [-0.15, -0.1) is 0 Å². The number of aryl methyl sites for hydroxylation is 2. The summed E-state index contributed by atoms with van der Waals surface area (Å²) in [7, 11) is -3.81. The van der Waals surface area contributed by atoms with Gasteiger partial charge in [0.2, 0.25) is 0 Å². The van der Waals surface area contributed by atoms with Crippen LogP contribution >= 0.6 is 0 Å². The monoisotopic (exact) mass is 459 g/mol. The normalized spacial score (nSPS) is 18.2. The number of ether oxygens (including phenoxy) is 2. The summed E-state index contributed by atoms with van der Waals surface area (Å²) in [6.45, 7) is 4.04. The summed E-state index contributed by atoms with van der Waals surface area (Å²) < 4.78 is 39.7. The molecular formula is C24H29NO6S. The molecule has 1 aliphatic heterocycles. The Balaban J connectivity index is 1.81. The van der Waals surface area contributed by atoms with E-state index in [0.717, 1.165) is 24.8 Å². The fourth-order valence-corrected chi connectivity index (χ4v) is 5.60. The molecule has 2 atom stereocenters. The maximum Gasteiger partial charge on any atom is 0.268 e. The zero-order chi connectivity index (χ0) is 22.9. The number of aliphatic hydroxyl groups excluding tert-OH is 2. The van der Waals surface area contributed by atoms with Crippen LogP contribution in [0.4, 0.5) is 0 Å². The van der Waals surface area contributed by atoms with Crippen molar-refractivity contribution < 1.29 is 28.1 Å². The summed E-state index contributed by atoms with van der Waals surface area (Å²) in [5.41, 5.74) is 3.37. The maximum atomic E-state index is 13.4. The van der Waals surface area contributed by atoms with Gasteiger partial charge in [-0.05, 0) is 68.0 Å². The van der Waals surface area contributed by atoms with Crippen LogP contribution in [0.2, 0.25) is 0 Å². The first-order chi connectivity index (χ1) is 15.3. The van der Waals surface area contributed by atoms with Gasteiger partial charge in [0.05, 0.1) is 23.6 Å². The van der Waals surface area contributed by atoms with Gasteiger partial charge in [-0.2, -0.15) is 0 Å². The second-order valence-corrected chi connectivity index (χ2v) is 10.1. The molecule has 2 heterocycles. The van der Waals surface area contributed by atoms with Gasteiger partial charge in [0.25, 0.3) is 10.0 Å². The molecule has 1 aliphatic rings. The highest BCUT2D eigenvalue weighted by Gasteiger charge is 2.25. The Bertz CT molecular complexity index is 1190. The van der Waals surface area contributed by atoms with Crippen LogP contribution in [0.5, 0.6) is 0 Å². The van der Waals surface area contributed by atoms with E-state index in [1.807, 2.05) is 6.92 Å². The highest BCUT2D eigenvalue weighted by atomic mass is 32.2. The van der Waals surface area contributed by atoms with Crippen molar-refractivity contribution in [2.45, 2.75) is 57.0 Å². The molecule has 1 fully saturated rings.